The van der Waals surface area contributed by atoms with Gasteiger partial charge in [-0.2, -0.15) is 0 Å². The molecule has 1 saturated carbocycles. The van der Waals surface area contributed by atoms with E-state index in [0.717, 1.165) is 25.8 Å². The maximum Gasteiger partial charge on any atom is 0.339 e. The van der Waals surface area contributed by atoms with Gasteiger partial charge in [-0.1, -0.05) is 11.6 Å². The van der Waals surface area contributed by atoms with E-state index in [-0.39, 0.29) is 30.0 Å². The molecule has 3 rings (SSSR count). The van der Waals surface area contributed by atoms with E-state index in [0.29, 0.717) is 23.1 Å². The van der Waals surface area contributed by atoms with Gasteiger partial charge in [0.15, 0.2) is 0 Å². The molecule has 4 atom stereocenters. The summed E-state index contributed by atoms with van der Waals surface area (Å²) in [5.41, 5.74) is 0.0540. The van der Waals surface area contributed by atoms with Crippen LogP contribution in [0.15, 0.2) is 18.2 Å². The van der Waals surface area contributed by atoms with E-state index >= 15 is 0 Å². The van der Waals surface area contributed by atoms with Crippen molar-refractivity contribution in [3.63, 3.8) is 0 Å². The van der Waals surface area contributed by atoms with Crippen molar-refractivity contribution in [2.24, 2.45) is 11.8 Å². The number of carbonyl (C=O) groups is 2. The predicted octanol–water partition coefficient (Wildman–Crippen LogP) is 3.07. The standard InChI is InChI=1S/C17H20ClNO5.ClH/c18-11-2-4-15(13(7-11)16(20)21)24-12-3-1-9-8-19-14(17(22)23)6-10(9)5-12;/h2,4,7,9-10,12,14,19H,1,3,5-6,8H2,(H,20,21)(H,22,23);1H. The first kappa shape index (κ1) is 19.8. The van der Waals surface area contributed by atoms with Crippen LogP contribution in [0.4, 0.5) is 0 Å². The summed E-state index contributed by atoms with van der Waals surface area (Å²) in [4.78, 5) is 22.5. The van der Waals surface area contributed by atoms with Crippen molar-refractivity contribution in [2.75, 3.05) is 6.54 Å². The van der Waals surface area contributed by atoms with Gasteiger partial charge in [0.1, 0.15) is 17.4 Å². The van der Waals surface area contributed by atoms with E-state index in [2.05, 4.69) is 5.32 Å². The zero-order valence-corrected chi connectivity index (χ0v) is 15.1. The van der Waals surface area contributed by atoms with E-state index in [9.17, 15) is 19.8 Å². The van der Waals surface area contributed by atoms with Crippen molar-refractivity contribution < 1.29 is 24.5 Å². The number of carboxylic acids is 2. The van der Waals surface area contributed by atoms with Crippen LogP contribution in [0.1, 0.15) is 36.0 Å². The molecule has 0 spiro atoms. The lowest BCUT2D eigenvalue weighted by atomic mass is 9.72. The largest absolute Gasteiger partial charge is 0.490 e. The quantitative estimate of drug-likeness (QED) is 0.732. The van der Waals surface area contributed by atoms with Gasteiger partial charge in [0, 0.05) is 5.02 Å². The Bertz CT molecular complexity index is 654. The van der Waals surface area contributed by atoms with Crippen LogP contribution in [0.25, 0.3) is 0 Å². The molecular formula is C17H21Cl2NO5. The zero-order chi connectivity index (χ0) is 17.3. The monoisotopic (exact) mass is 389 g/mol. The van der Waals surface area contributed by atoms with Crippen LogP contribution in [-0.4, -0.2) is 40.8 Å². The molecule has 3 N–H and O–H groups in total. The van der Waals surface area contributed by atoms with E-state index in [1.807, 2.05) is 0 Å². The Morgan fingerprint density at radius 1 is 1.16 bits per heavy atom. The Morgan fingerprint density at radius 3 is 2.60 bits per heavy atom. The number of ether oxygens (including phenoxy) is 1. The molecule has 1 aromatic carbocycles. The number of nitrogens with one attached hydrogen (secondary N) is 1. The molecule has 138 valence electrons. The summed E-state index contributed by atoms with van der Waals surface area (Å²) in [5.74, 6) is -0.827. The topological polar surface area (TPSA) is 95.9 Å². The summed E-state index contributed by atoms with van der Waals surface area (Å²) in [6, 6.07) is 4.07. The number of halogens is 2. The highest BCUT2D eigenvalue weighted by molar-refractivity contribution is 6.31. The third-order valence-corrected chi connectivity index (χ3v) is 5.26. The fraction of sp³-hybridized carbons (Fsp3) is 0.529. The summed E-state index contributed by atoms with van der Waals surface area (Å²) < 4.78 is 5.94. The predicted molar refractivity (Wildman–Crippen MR) is 94.9 cm³/mol. The van der Waals surface area contributed by atoms with E-state index in [4.69, 9.17) is 16.3 Å². The third kappa shape index (κ3) is 4.57. The minimum atomic E-state index is -1.08. The van der Waals surface area contributed by atoms with E-state index in [1.165, 1.54) is 6.07 Å². The molecular weight excluding hydrogens is 369 g/mol. The molecule has 0 radical (unpaired) electrons. The van der Waals surface area contributed by atoms with Crippen LogP contribution in [0.3, 0.4) is 0 Å². The van der Waals surface area contributed by atoms with Crippen LogP contribution < -0.4 is 10.1 Å². The first-order chi connectivity index (χ1) is 11.4. The fourth-order valence-corrected chi connectivity index (χ4v) is 3.94. The second kappa shape index (κ2) is 8.25. The molecule has 1 aliphatic carbocycles. The summed E-state index contributed by atoms with van der Waals surface area (Å²) in [6.07, 6.45) is 3.02. The molecule has 2 fully saturated rings. The van der Waals surface area contributed by atoms with Crippen LogP contribution in [0.5, 0.6) is 5.75 Å². The van der Waals surface area contributed by atoms with Crippen molar-refractivity contribution in [3.05, 3.63) is 28.8 Å². The Balaban J connectivity index is 0.00000225. The average Bonchev–Trinajstić information content (AvgIpc) is 2.55. The average molecular weight is 390 g/mol. The van der Waals surface area contributed by atoms with Crippen molar-refractivity contribution in [2.45, 2.75) is 37.8 Å². The summed E-state index contributed by atoms with van der Waals surface area (Å²) >= 11 is 5.86. The van der Waals surface area contributed by atoms with Crippen LogP contribution in [-0.2, 0) is 4.79 Å². The van der Waals surface area contributed by atoms with Gasteiger partial charge in [0.2, 0.25) is 0 Å². The van der Waals surface area contributed by atoms with Gasteiger partial charge in [0.25, 0.3) is 0 Å². The molecule has 1 saturated heterocycles. The van der Waals surface area contributed by atoms with Gasteiger partial charge in [0.05, 0.1) is 6.10 Å². The first-order valence-electron chi connectivity index (χ1n) is 8.09. The number of carboxylic acid groups (broad SMARTS) is 2. The van der Waals surface area contributed by atoms with Crippen molar-refractivity contribution in [1.29, 1.82) is 0 Å². The molecule has 6 nitrogen and oxygen atoms in total. The van der Waals surface area contributed by atoms with Crippen molar-refractivity contribution >= 4 is 35.9 Å². The number of hydrogen-bond acceptors (Lipinski definition) is 4. The first-order valence-corrected chi connectivity index (χ1v) is 8.47. The summed E-state index contributed by atoms with van der Waals surface area (Å²) in [6.45, 7) is 0.718. The Labute approximate surface area is 156 Å². The summed E-state index contributed by atoms with van der Waals surface area (Å²) in [7, 11) is 0. The Kier molecular flexibility index (Phi) is 6.54. The number of hydrogen-bond donors (Lipinski definition) is 3. The Hall–Kier alpha value is -1.50. The Morgan fingerprint density at radius 2 is 1.92 bits per heavy atom. The molecule has 1 aliphatic heterocycles. The number of piperidine rings is 1. The minimum absolute atomic E-state index is 0. The van der Waals surface area contributed by atoms with Gasteiger partial charge >= 0.3 is 11.9 Å². The lowest BCUT2D eigenvalue weighted by Crippen LogP contribution is -2.50. The number of rotatable bonds is 4. The molecule has 1 heterocycles. The smallest absolute Gasteiger partial charge is 0.339 e. The number of benzene rings is 1. The molecule has 0 aromatic heterocycles. The second-order valence-corrected chi connectivity index (χ2v) is 6.99. The highest BCUT2D eigenvalue weighted by Crippen LogP contribution is 2.38. The van der Waals surface area contributed by atoms with Gasteiger partial charge in [-0.15, -0.1) is 12.4 Å². The second-order valence-electron chi connectivity index (χ2n) is 6.55. The van der Waals surface area contributed by atoms with E-state index in [1.54, 1.807) is 12.1 Å². The van der Waals surface area contributed by atoms with Gasteiger partial charge in [-0.25, -0.2) is 4.79 Å². The molecule has 4 unspecified atom stereocenters. The zero-order valence-electron chi connectivity index (χ0n) is 13.5. The van der Waals surface area contributed by atoms with Crippen LogP contribution >= 0.6 is 24.0 Å². The molecule has 8 heteroatoms. The molecule has 1 aromatic rings. The van der Waals surface area contributed by atoms with Crippen molar-refractivity contribution in [1.82, 2.24) is 5.32 Å². The van der Waals surface area contributed by atoms with Gasteiger partial charge < -0.3 is 20.3 Å². The molecule has 25 heavy (non-hydrogen) atoms. The molecule has 2 aliphatic rings. The minimum Gasteiger partial charge on any atom is -0.490 e. The number of aliphatic carboxylic acids is 1. The lowest BCUT2D eigenvalue weighted by molar-refractivity contribution is -0.141. The molecule has 0 bridgehead atoms. The normalized spacial score (nSPS) is 28.4. The van der Waals surface area contributed by atoms with Gasteiger partial charge in [-0.05, 0) is 62.3 Å². The van der Waals surface area contributed by atoms with Gasteiger partial charge in [-0.3, -0.25) is 4.79 Å². The molecule has 0 amide bonds. The van der Waals surface area contributed by atoms with Crippen molar-refractivity contribution in [3.8, 4) is 5.75 Å². The number of fused-ring (bicyclic) bond motifs is 1. The maximum absolute atomic E-state index is 11.3. The highest BCUT2D eigenvalue weighted by Gasteiger charge is 2.38. The number of aromatic carboxylic acids is 1. The lowest BCUT2D eigenvalue weighted by Gasteiger charge is -2.41. The fourth-order valence-electron chi connectivity index (χ4n) is 3.77. The highest BCUT2D eigenvalue weighted by atomic mass is 35.5. The maximum atomic E-state index is 11.3. The summed E-state index contributed by atoms with van der Waals surface area (Å²) in [5, 5.41) is 21.9. The SMILES string of the molecule is Cl.O=C(O)c1cc(Cl)ccc1OC1CCC2CNC(C(=O)O)CC2C1. The van der Waals surface area contributed by atoms with E-state index < -0.39 is 18.0 Å². The van der Waals surface area contributed by atoms with Crippen LogP contribution in [0, 0.1) is 11.8 Å². The van der Waals surface area contributed by atoms with Crippen LogP contribution in [0.2, 0.25) is 5.02 Å². The third-order valence-electron chi connectivity index (χ3n) is 5.02.